The van der Waals surface area contributed by atoms with Crippen molar-refractivity contribution >= 4 is 47.5 Å². The van der Waals surface area contributed by atoms with Gasteiger partial charge in [0.25, 0.3) is 5.91 Å². The molecule has 4 unspecified atom stereocenters. The molecule has 0 bridgehead atoms. The molecule has 0 fully saturated rings. The summed E-state index contributed by atoms with van der Waals surface area (Å²) in [5.41, 5.74) is 18.0. The van der Waals surface area contributed by atoms with E-state index in [0.717, 1.165) is 17.9 Å². The number of amides is 6. The van der Waals surface area contributed by atoms with Gasteiger partial charge in [0.1, 0.15) is 30.0 Å². The molecule has 0 aliphatic carbocycles. The standard InChI is InChI=1S/C40H50FN9O6/c1-25(2)21-32(37(54)47-31(36(42)53)12-8-20-46-40(43)44)48-38(55)33(22-29-11-7-19-45-24-29)49-39(56)34(23-28-13-16-30(41)17-14-28)50(26(3)51)35(52)18-15-27-9-5-4-6-10-27/h4-7,9-11,13-19,24-25,31-34H,8,12,20-23H2,1-3H3,(H2,42,53)(H,47,54)(H,48,55)(H,49,56)(H4,43,44,46)/b18-15+. The molecule has 56 heavy (non-hydrogen) atoms. The second kappa shape index (κ2) is 22.1. The Labute approximate surface area is 325 Å². The molecule has 0 aliphatic rings. The molecule has 9 N–H and O–H groups in total. The van der Waals surface area contributed by atoms with E-state index < -0.39 is 65.4 Å². The number of carbonyl (C=O) groups excluding carboxylic acids is 6. The number of rotatable bonds is 20. The molecule has 1 aromatic heterocycles. The molecule has 0 aliphatic heterocycles. The van der Waals surface area contributed by atoms with Crippen LogP contribution in [0.5, 0.6) is 0 Å². The summed E-state index contributed by atoms with van der Waals surface area (Å²) in [5.74, 6) is -5.42. The van der Waals surface area contributed by atoms with E-state index in [1.807, 2.05) is 13.8 Å². The summed E-state index contributed by atoms with van der Waals surface area (Å²) in [6.45, 7) is 5.00. The Kier molecular flexibility index (Phi) is 17.3. The van der Waals surface area contributed by atoms with Crippen molar-refractivity contribution in [3.8, 4) is 0 Å². The number of hydrogen-bond donors (Lipinski definition) is 6. The minimum Gasteiger partial charge on any atom is -0.370 e. The van der Waals surface area contributed by atoms with Crippen molar-refractivity contribution in [1.82, 2.24) is 25.8 Å². The summed E-state index contributed by atoms with van der Waals surface area (Å²) >= 11 is 0. The van der Waals surface area contributed by atoms with Gasteiger partial charge in [-0.15, -0.1) is 0 Å². The topological polar surface area (TPSA) is 245 Å². The lowest BCUT2D eigenvalue weighted by molar-refractivity contribution is -0.148. The minimum absolute atomic E-state index is 0.0959. The fourth-order valence-electron chi connectivity index (χ4n) is 5.75. The average Bonchev–Trinajstić information content (AvgIpc) is 3.15. The summed E-state index contributed by atoms with van der Waals surface area (Å²) in [5, 5.41) is 8.02. The van der Waals surface area contributed by atoms with Gasteiger partial charge in [-0.1, -0.05) is 62.4 Å². The SMILES string of the molecule is CC(=O)N(C(=O)/C=C/c1ccccc1)C(Cc1ccc(F)cc1)C(=O)NC(Cc1cccnc1)C(=O)NC(CC(C)C)C(=O)NC(CCCN=C(N)N)C(N)=O. The number of nitrogens with two attached hydrogens (primary N) is 3. The van der Waals surface area contributed by atoms with Gasteiger partial charge in [0.05, 0.1) is 0 Å². The molecular formula is C40H50FN9O6. The van der Waals surface area contributed by atoms with Crippen LogP contribution < -0.4 is 33.2 Å². The van der Waals surface area contributed by atoms with E-state index in [-0.39, 0.29) is 44.1 Å². The Bertz CT molecular complexity index is 1850. The Morgan fingerprint density at radius 1 is 0.804 bits per heavy atom. The molecule has 0 saturated carbocycles. The van der Waals surface area contributed by atoms with Crippen LogP contribution in [-0.4, -0.2) is 82.0 Å². The molecule has 2 aromatic carbocycles. The van der Waals surface area contributed by atoms with E-state index in [4.69, 9.17) is 17.2 Å². The molecule has 3 aromatic rings. The van der Waals surface area contributed by atoms with E-state index in [1.54, 1.807) is 42.5 Å². The van der Waals surface area contributed by atoms with Gasteiger partial charge in [0.15, 0.2) is 5.96 Å². The lowest BCUT2D eigenvalue weighted by Crippen LogP contribution is -2.59. The Balaban J connectivity index is 1.96. The fraction of sp³-hybridized carbons (Fsp3) is 0.350. The molecule has 1 heterocycles. The number of pyridine rings is 1. The monoisotopic (exact) mass is 771 g/mol. The van der Waals surface area contributed by atoms with E-state index in [0.29, 0.717) is 23.1 Å². The van der Waals surface area contributed by atoms with Gasteiger partial charge in [-0.3, -0.25) is 43.6 Å². The maximum atomic E-state index is 14.3. The number of guanidine groups is 1. The second-order valence-electron chi connectivity index (χ2n) is 13.5. The summed E-state index contributed by atoms with van der Waals surface area (Å²) in [4.78, 5) is 89.8. The van der Waals surface area contributed by atoms with Crippen LogP contribution in [-0.2, 0) is 41.6 Å². The zero-order chi connectivity index (χ0) is 41.2. The third kappa shape index (κ3) is 14.8. The molecule has 0 saturated heterocycles. The normalized spacial score (nSPS) is 13.2. The maximum absolute atomic E-state index is 14.3. The van der Waals surface area contributed by atoms with Crippen LogP contribution in [0.4, 0.5) is 4.39 Å². The molecule has 0 spiro atoms. The molecule has 6 amide bonds. The number of benzene rings is 2. The molecule has 15 nitrogen and oxygen atoms in total. The Morgan fingerprint density at radius 2 is 1.45 bits per heavy atom. The summed E-state index contributed by atoms with van der Waals surface area (Å²) in [6, 6.07) is 12.3. The molecule has 16 heteroatoms. The summed E-state index contributed by atoms with van der Waals surface area (Å²) in [7, 11) is 0. The van der Waals surface area contributed by atoms with Crippen LogP contribution in [0.25, 0.3) is 6.08 Å². The fourth-order valence-corrected chi connectivity index (χ4v) is 5.75. The van der Waals surface area contributed by atoms with Crippen LogP contribution in [0.1, 0.15) is 56.7 Å². The number of nitrogens with zero attached hydrogens (tertiary/aromatic N) is 3. The Hall–Kier alpha value is -6.45. The predicted molar refractivity (Wildman–Crippen MR) is 209 cm³/mol. The van der Waals surface area contributed by atoms with E-state index in [2.05, 4.69) is 25.9 Å². The van der Waals surface area contributed by atoms with Crippen molar-refractivity contribution < 1.29 is 33.2 Å². The largest absolute Gasteiger partial charge is 0.370 e. The molecular weight excluding hydrogens is 721 g/mol. The van der Waals surface area contributed by atoms with Gasteiger partial charge in [-0.2, -0.15) is 0 Å². The maximum Gasteiger partial charge on any atom is 0.253 e. The number of primary amides is 1. The molecule has 3 rings (SSSR count). The number of aromatic nitrogens is 1. The van der Waals surface area contributed by atoms with Gasteiger partial charge < -0.3 is 33.2 Å². The first kappa shape index (κ1) is 44.0. The minimum atomic E-state index is -1.49. The molecule has 4 atom stereocenters. The predicted octanol–water partition coefficient (Wildman–Crippen LogP) is 1.50. The van der Waals surface area contributed by atoms with Crippen molar-refractivity contribution in [3.63, 3.8) is 0 Å². The van der Waals surface area contributed by atoms with Crippen molar-refractivity contribution in [3.05, 3.63) is 108 Å². The lowest BCUT2D eigenvalue weighted by Gasteiger charge is -2.30. The molecule has 0 radical (unpaired) electrons. The number of hydrogen-bond acceptors (Lipinski definition) is 8. The van der Waals surface area contributed by atoms with E-state index >= 15 is 0 Å². The van der Waals surface area contributed by atoms with Crippen molar-refractivity contribution in [2.24, 2.45) is 28.1 Å². The lowest BCUT2D eigenvalue weighted by atomic mass is 9.99. The zero-order valence-electron chi connectivity index (χ0n) is 31.7. The smallest absolute Gasteiger partial charge is 0.253 e. The Morgan fingerprint density at radius 3 is 2.04 bits per heavy atom. The quantitative estimate of drug-likeness (QED) is 0.0421. The number of aliphatic imine (C=N–C) groups is 1. The third-order valence-electron chi connectivity index (χ3n) is 8.49. The van der Waals surface area contributed by atoms with Crippen LogP contribution in [0, 0.1) is 11.7 Å². The molecule has 298 valence electrons. The first-order valence-corrected chi connectivity index (χ1v) is 18.1. The van der Waals surface area contributed by atoms with Gasteiger partial charge in [0.2, 0.25) is 29.5 Å². The van der Waals surface area contributed by atoms with Crippen LogP contribution in [0.2, 0.25) is 0 Å². The van der Waals surface area contributed by atoms with Crippen molar-refractivity contribution in [2.75, 3.05) is 6.54 Å². The van der Waals surface area contributed by atoms with Gasteiger partial charge in [-0.05, 0) is 66.1 Å². The number of imide groups is 1. The van der Waals surface area contributed by atoms with Crippen LogP contribution >= 0.6 is 0 Å². The highest BCUT2D eigenvalue weighted by Crippen LogP contribution is 2.15. The van der Waals surface area contributed by atoms with Gasteiger partial charge in [0, 0.05) is 44.8 Å². The van der Waals surface area contributed by atoms with Gasteiger partial charge in [-0.25, -0.2) is 4.39 Å². The summed E-state index contributed by atoms with van der Waals surface area (Å²) < 4.78 is 13.9. The van der Waals surface area contributed by atoms with Crippen LogP contribution in [0.15, 0.2) is 90.2 Å². The average molecular weight is 772 g/mol. The highest BCUT2D eigenvalue weighted by Gasteiger charge is 2.36. The van der Waals surface area contributed by atoms with Crippen molar-refractivity contribution in [2.45, 2.75) is 77.0 Å². The first-order valence-electron chi connectivity index (χ1n) is 18.1. The van der Waals surface area contributed by atoms with E-state index in [9.17, 15) is 33.2 Å². The summed E-state index contributed by atoms with van der Waals surface area (Å²) in [6.07, 6.45) is 5.99. The third-order valence-corrected chi connectivity index (χ3v) is 8.49. The second-order valence-corrected chi connectivity index (χ2v) is 13.5. The first-order chi connectivity index (χ1) is 26.6. The van der Waals surface area contributed by atoms with E-state index in [1.165, 1.54) is 42.7 Å². The number of nitrogens with one attached hydrogen (secondary N) is 3. The van der Waals surface area contributed by atoms with Crippen LogP contribution in [0.3, 0.4) is 0 Å². The zero-order valence-corrected chi connectivity index (χ0v) is 31.7. The van der Waals surface area contributed by atoms with Crippen molar-refractivity contribution in [1.29, 1.82) is 0 Å². The highest BCUT2D eigenvalue weighted by atomic mass is 19.1. The highest BCUT2D eigenvalue weighted by molar-refractivity contribution is 6.06. The van der Waals surface area contributed by atoms with Gasteiger partial charge >= 0.3 is 0 Å². The number of halogens is 1. The number of carbonyl (C=O) groups is 6.